The Bertz CT molecular complexity index is 1020. The molecule has 3 rings (SSSR count). The molecule has 0 spiro atoms. The van der Waals surface area contributed by atoms with Crippen molar-refractivity contribution >= 4 is 22.5 Å². The SMILES string of the molecule is CC(C)Cn1c(=O)c2cc(C(=O)NCCCN(C)C)nn2c2ccccc21. The molecule has 0 aliphatic heterocycles. The lowest BCUT2D eigenvalue weighted by Gasteiger charge is -2.13. The molecular weight excluding hydrogens is 342 g/mol. The Hall–Kier alpha value is -2.67. The molecule has 2 aromatic heterocycles. The van der Waals surface area contributed by atoms with Gasteiger partial charge in [-0.3, -0.25) is 9.59 Å². The molecule has 144 valence electrons. The number of aromatic nitrogens is 3. The van der Waals surface area contributed by atoms with Crippen LogP contribution in [0.15, 0.2) is 35.1 Å². The second-order valence-corrected chi connectivity index (χ2v) is 7.54. The first kappa shape index (κ1) is 19.1. The van der Waals surface area contributed by atoms with E-state index in [4.69, 9.17) is 0 Å². The fourth-order valence-corrected chi connectivity index (χ4v) is 3.18. The van der Waals surface area contributed by atoms with Crippen LogP contribution in [0.25, 0.3) is 16.6 Å². The highest BCUT2D eigenvalue weighted by molar-refractivity contribution is 5.94. The second-order valence-electron chi connectivity index (χ2n) is 7.54. The molecule has 0 aliphatic carbocycles. The molecular formula is C20H27N5O2. The van der Waals surface area contributed by atoms with Gasteiger partial charge in [0.2, 0.25) is 0 Å². The average Bonchev–Trinajstić information content (AvgIpc) is 3.07. The lowest BCUT2D eigenvalue weighted by molar-refractivity contribution is 0.0947. The fraction of sp³-hybridized carbons (Fsp3) is 0.450. The van der Waals surface area contributed by atoms with Crippen LogP contribution in [0.1, 0.15) is 30.8 Å². The van der Waals surface area contributed by atoms with Crippen LogP contribution in [0.5, 0.6) is 0 Å². The average molecular weight is 369 g/mol. The standard InChI is InChI=1S/C20H27N5O2/c1-14(2)13-24-16-8-5-6-9-17(16)25-18(20(24)27)12-15(22-25)19(26)21-10-7-11-23(3)4/h5-6,8-9,12,14H,7,10-11,13H2,1-4H3,(H,21,26). The molecule has 27 heavy (non-hydrogen) atoms. The Morgan fingerprint density at radius 3 is 2.56 bits per heavy atom. The van der Waals surface area contributed by atoms with Gasteiger partial charge in [-0.2, -0.15) is 5.10 Å². The maximum Gasteiger partial charge on any atom is 0.277 e. The van der Waals surface area contributed by atoms with E-state index in [9.17, 15) is 9.59 Å². The number of benzene rings is 1. The minimum atomic E-state index is -0.253. The van der Waals surface area contributed by atoms with Gasteiger partial charge in [0.05, 0.1) is 11.0 Å². The molecule has 3 aromatic rings. The van der Waals surface area contributed by atoms with Gasteiger partial charge < -0.3 is 14.8 Å². The Labute approximate surface area is 158 Å². The lowest BCUT2D eigenvalue weighted by Crippen LogP contribution is -2.27. The van der Waals surface area contributed by atoms with Gasteiger partial charge in [0.25, 0.3) is 11.5 Å². The minimum absolute atomic E-state index is 0.124. The van der Waals surface area contributed by atoms with E-state index in [1.165, 1.54) is 0 Å². The van der Waals surface area contributed by atoms with Gasteiger partial charge in [0.15, 0.2) is 5.69 Å². The zero-order valence-electron chi connectivity index (χ0n) is 16.4. The Morgan fingerprint density at radius 1 is 1.19 bits per heavy atom. The van der Waals surface area contributed by atoms with E-state index in [-0.39, 0.29) is 17.2 Å². The maximum absolute atomic E-state index is 13.0. The summed E-state index contributed by atoms with van der Waals surface area (Å²) in [6.45, 7) is 6.25. The first-order chi connectivity index (χ1) is 12.9. The van der Waals surface area contributed by atoms with E-state index in [0.29, 0.717) is 24.5 Å². The first-order valence-electron chi connectivity index (χ1n) is 9.32. The van der Waals surface area contributed by atoms with Gasteiger partial charge in [-0.15, -0.1) is 0 Å². The Balaban J connectivity index is 1.99. The zero-order chi connectivity index (χ0) is 19.6. The van der Waals surface area contributed by atoms with E-state index in [1.807, 2.05) is 38.4 Å². The van der Waals surface area contributed by atoms with Gasteiger partial charge >= 0.3 is 0 Å². The maximum atomic E-state index is 13.0. The van der Waals surface area contributed by atoms with E-state index in [0.717, 1.165) is 24.0 Å². The van der Waals surface area contributed by atoms with Crippen LogP contribution >= 0.6 is 0 Å². The molecule has 0 bridgehead atoms. The highest BCUT2D eigenvalue weighted by Crippen LogP contribution is 2.16. The summed E-state index contributed by atoms with van der Waals surface area (Å²) in [6.07, 6.45) is 0.857. The first-order valence-corrected chi connectivity index (χ1v) is 9.32. The third kappa shape index (κ3) is 4.03. The van der Waals surface area contributed by atoms with Crippen LogP contribution in [0.3, 0.4) is 0 Å². The predicted molar refractivity (Wildman–Crippen MR) is 107 cm³/mol. The number of amides is 1. The molecule has 0 aliphatic rings. The molecule has 0 saturated carbocycles. The van der Waals surface area contributed by atoms with E-state index >= 15 is 0 Å². The van der Waals surface area contributed by atoms with Gasteiger partial charge in [-0.05, 0) is 45.1 Å². The van der Waals surface area contributed by atoms with Gasteiger partial charge in [-0.25, -0.2) is 4.52 Å². The molecule has 0 fully saturated rings. The summed E-state index contributed by atoms with van der Waals surface area (Å²) in [5, 5.41) is 7.30. The van der Waals surface area contributed by atoms with E-state index in [2.05, 4.69) is 29.2 Å². The normalized spacial score (nSPS) is 11.8. The number of fused-ring (bicyclic) bond motifs is 3. The summed E-state index contributed by atoms with van der Waals surface area (Å²) in [4.78, 5) is 27.5. The van der Waals surface area contributed by atoms with Crippen molar-refractivity contribution in [2.45, 2.75) is 26.8 Å². The molecule has 1 aromatic carbocycles. The molecule has 0 radical (unpaired) electrons. The number of carbonyl (C=O) groups excluding carboxylic acids is 1. The van der Waals surface area contributed by atoms with Crippen LogP contribution in [-0.4, -0.2) is 52.2 Å². The molecule has 1 amide bonds. The van der Waals surface area contributed by atoms with Crippen molar-refractivity contribution in [3.05, 3.63) is 46.4 Å². The third-order valence-corrected chi connectivity index (χ3v) is 4.42. The summed E-state index contributed by atoms with van der Waals surface area (Å²) in [7, 11) is 3.99. The van der Waals surface area contributed by atoms with Crippen molar-refractivity contribution in [2.75, 3.05) is 27.2 Å². The van der Waals surface area contributed by atoms with Crippen LogP contribution < -0.4 is 10.9 Å². The number of rotatable bonds is 7. The topological polar surface area (TPSA) is 71.6 Å². The number of nitrogens with zero attached hydrogens (tertiary/aromatic N) is 4. The van der Waals surface area contributed by atoms with Crippen molar-refractivity contribution in [3.8, 4) is 0 Å². The monoisotopic (exact) mass is 369 g/mol. The van der Waals surface area contributed by atoms with Crippen LogP contribution in [0.4, 0.5) is 0 Å². The zero-order valence-corrected chi connectivity index (χ0v) is 16.4. The summed E-state index contributed by atoms with van der Waals surface area (Å²) in [6, 6.07) is 9.25. The lowest BCUT2D eigenvalue weighted by atomic mass is 10.2. The largest absolute Gasteiger partial charge is 0.351 e. The predicted octanol–water partition coefficient (Wildman–Crippen LogP) is 1.99. The number of para-hydroxylation sites is 2. The van der Waals surface area contributed by atoms with Crippen LogP contribution in [0, 0.1) is 5.92 Å². The van der Waals surface area contributed by atoms with Crippen LogP contribution in [0.2, 0.25) is 0 Å². The molecule has 0 saturated heterocycles. The summed E-state index contributed by atoms with van der Waals surface area (Å²) >= 11 is 0. The molecule has 7 heteroatoms. The number of hydrogen-bond donors (Lipinski definition) is 1. The molecule has 1 N–H and O–H groups in total. The summed E-state index contributed by atoms with van der Waals surface area (Å²) < 4.78 is 3.36. The summed E-state index contributed by atoms with van der Waals surface area (Å²) in [5.41, 5.74) is 2.21. The van der Waals surface area contributed by atoms with Crippen LogP contribution in [-0.2, 0) is 6.54 Å². The quantitative estimate of drug-likeness (QED) is 0.647. The fourth-order valence-electron chi connectivity index (χ4n) is 3.18. The second kappa shape index (κ2) is 7.92. The number of hydrogen-bond acceptors (Lipinski definition) is 4. The highest BCUT2D eigenvalue weighted by Gasteiger charge is 2.17. The van der Waals surface area contributed by atoms with Gasteiger partial charge in [0.1, 0.15) is 5.52 Å². The van der Waals surface area contributed by atoms with Crippen molar-refractivity contribution in [2.24, 2.45) is 5.92 Å². The molecule has 0 unspecified atom stereocenters. The van der Waals surface area contributed by atoms with E-state index in [1.54, 1.807) is 15.1 Å². The Kier molecular flexibility index (Phi) is 5.60. The van der Waals surface area contributed by atoms with Gasteiger partial charge in [0, 0.05) is 19.2 Å². The minimum Gasteiger partial charge on any atom is -0.351 e. The van der Waals surface area contributed by atoms with Gasteiger partial charge in [-0.1, -0.05) is 26.0 Å². The number of carbonyl (C=O) groups is 1. The van der Waals surface area contributed by atoms with Crippen molar-refractivity contribution in [3.63, 3.8) is 0 Å². The van der Waals surface area contributed by atoms with E-state index < -0.39 is 0 Å². The number of nitrogens with one attached hydrogen (secondary N) is 1. The van der Waals surface area contributed by atoms with Crippen molar-refractivity contribution in [1.82, 2.24) is 24.4 Å². The smallest absolute Gasteiger partial charge is 0.277 e. The molecule has 2 heterocycles. The third-order valence-electron chi connectivity index (χ3n) is 4.42. The van der Waals surface area contributed by atoms with Crippen molar-refractivity contribution in [1.29, 1.82) is 0 Å². The Morgan fingerprint density at radius 2 is 1.89 bits per heavy atom. The highest BCUT2D eigenvalue weighted by atomic mass is 16.2. The molecule has 0 atom stereocenters. The van der Waals surface area contributed by atoms with Crippen molar-refractivity contribution < 1.29 is 4.79 Å². The molecule has 7 nitrogen and oxygen atoms in total. The summed E-state index contributed by atoms with van der Waals surface area (Å²) in [5.74, 6) is 0.0762.